The van der Waals surface area contributed by atoms with E-state index in [1.54, 1.807) is 0 Å². The third-order valence-electron chi connectivity index (χ3n) is 4.46. The Morgan fingerprint density at radius 3 is 1.52 bits per heavy atom. The van der Waals surface area contributed by atoms with Crippen molar-refractivity contribution in [3.8, 4) is 0 Å². The zero-order valence-electron chi connectivity index (χ0n) is 16.2. The van der Waals surface area contributed by atoms with Crippen molar-refractivity contribution < 1.29 is 9.22 Å². The molecule has 0 spiro atoms. The molecule has 0 saturated heterocycles. The maximum absolute atomic E-state index is 11.3. The van der Waals surface area contributed by atoms with Gasteiger partial charge >= 0.3 is 0 Å². The van der Waals surface area contributed by atoms with Crippen molar-refractivity contribution in [3.63, 3.8) is 0 Å². The van der Waals surface area contributed by atoms with Crippen LogP contribution >= 0.6 is 0 Å². The molecule has 0 saturated carbocycles. The van der Waals surface area contributed by atoms with Gasteiger partial charge in [0.25, 0.3) is 5.97 Å². The second kappa shape index (κ2) is 18.0. The highest BCUT2D eigenvalue weighted by Crippen LogP contribution is 2.13. The summed E-state index contributed by atoms with van der Waals surface area (Å²) in [4.78, 5) is 11.3. The maximum atomic E-state index is 11.3. The molecule has 0 radical (unpaired) electrons. The summed E-state index contributed by atoms with van der Waals surface area (Å²) in [5, 5.41) is 0. The molecule has 0 aliphatic heterocycles. The molecule has 3 heteroatoms. The molecule has 0 rings (SSSR count). The van der Waals surface area contributed by atoms with Crippen LogP contribution < -0.4 is 0 Å². The van der Waals surface area contributed by atoms with E-state index in [4.69, 9.17) is 4.43 Å². The smallest absolute Gasteiger partial charge is 0.294 e. The van der Waals surface area contributed by atoms with Crippen LogP contribution in [0.25, 0.3) is 0 Å². The van der Waals surface area contributed by atoms with E-state index in [9.17, 15) is 4.79 Å². The van der Waals surface area contributed by atoms with Crippen LogP contribution in [0.5, 0.6) is 0 Å². The minimum Gasteiger partial charge on any atom is -0.525 e. The first-order valence-corrected chi connectivity index (χ1v) is 11.9. The molecule has 2 nitrogen and oxygen atoms in total. The van der Waals surface area contributed by atoms with Gasteiger partial charge in [-0.15, -0.1) is 0 Å². The lowest BCUT2D eigenvalue weighted by atomic mass is 10.0. The standard InChI is InChI=1S/C20H42O2Si/c1-4-5-6-7-8-9-10-11-12-13-14-15-16-17-18-23-22-20(21)19(2)3/h19H,4-18,23H2,1-3H3. The number of carbonyl (C=O) groups is 1. The quantitative estimate of drug-likeness (QED) is 0.233. The fourth-order valence-electron chi connectivity index (χ4n) is 2.81. The molecule has 0 bridgehead atoms. The predicted molar refractivity (Wildman–Crippen MR) is 105 cm³/mol. The Kier molecular flexibility index (Phi) is 17.8. The summed E-state index contributed by atoms with van der Waals surface area (Å²) in [6, 6.07) is 1.16. The van der Waals surface area contributed by atoms with Crippen LogP contribution in [0.1, 0.15) is 111 Å². The summed E-state index contributed by atoms with van der Waals surface area (Å²) < 4.78 is 5.32. The van der Waals surface area contributed by atoms with E-state index >= 15 is 0 Å². The zero-order valence-corrected chi connectivity index (χ0v) is 17.6. The van der Waals surface area contributed by atoms with Gasteiger partial charge in [0.15, 0.2) is 0 Å². The fourth-order valence-corrected chi connectivity index (χ4v) is 4.05. The lowest BCUT2D eigenvalue weighted by Crippen LogP contribution is -2.14. The van der Waals surface area contributed by atoms with Crippen molar-refractivity contribution >= 4 is 15.7 Å². The summed E-state index contributed by atoms with van der Waals surface area (Å²) in [5.41, 5.74) is 0. The van der Waals surface area contributed by atoms with E-state index in [0.29, 0.717) is 0 Å². The summed E-state index contributed by atoms with van der Waals surface area (Å²) in [5.74, 6) is 0.0425. The van der Waals surface area contributed by atoms with E-state index in [-0.39, 0.29) is 11.9 Å². The molecule has 23 heavy (non-hydrogen) atoms. The van der Waals surface area contributed by atoms with Gasteiger partial charge in [-0.2, -0.15) is 0 Å². The highest BCUT2D eigenvalue weighted by Gasteiger charge is 2.06. The first-order valence-electron chi connectivity index (χ1n) is 10.3. The van der Waals surface area contributed by atoms with Gasteiger partial charge in [-0.25, -0.2) is 0 Å². The summed E-state index contributed by atoms with van der Waals surface area (Å²) in [6.45, 7) is 6.09. The van der Waals surface area contributed by atoms with Crippen LogP contribution in [0, 0.1) is 5.92 Å². The Bertz CT molecular complexity index is 254. The Morgan fingerprint density at radius 2 is 1.13 bits per heavy atom. The molecule has 0 aliphatic carbocycles. The fraction of sp³-hybridized carbons (Fsp3) is 0.950. The van der Waals surface area contributed by atoms with Crippen molar-refractivity contribution in [1.29, 1.82) is 0 Å². The Balaban J connectivity index is 3.04. The molecule has 0 aromatic rings. The van der Waals surface area contributed by atoms with Gasteiger partial charge in [-0.1, -0.05) is 111 Å². The number of unbranched alkanes of at least 4 members (excludes halogenated alkanes) is 13. The molecule has 0 aromatic carbocycles. The van der Waals surface area contributed by atoms with E-state index < -0.39 is 9.76 Å². The molecular formula is C20H42O2Si. The third-order valence-corrected chi connectivity index (χ3v) is 5.74. The molecule has 0 N–H and O–H groups in total. The van der Waals surface area contributed by atoms with Crippen molar-refractivity contribution in [1.82, 2.24) is 0 Å². The summed E-state index contributed by atoms with van der Waals surface area (Å²) >= 11 is 0. The highest BCUT2D eigenvalue weighted by atomic mass is 28.2. The molecule has 0 aliphatic rings. The SMILES string of the molecule is CCCCCCCCCCCCCCCC[SiH2]OC(=O)C(C)C. The molecule has 0 heterocycles. The Labute approximate surface area is 148 Å². The molecule has 0 atom stereocenters. The number of rotatable bonds is 17. The van der Waals surface area contributed by atoms with Crippen LogP contribution in [0.3, 0.4) is 0 Å². The van der Waals surface area contributed by atoms with E-state index in [1.165, 1.54) is 89.9 Å². The number of carbonyl (C=O) groups excluding carboxylic acids is 1. The average Bonchev–Trinajstić information content (AvgIpc) is 2.54. The van der Waals surface area contributed by atoms with Crippen molar-refractivity contribution in [2.75, 3.05) is 0 Å². The molecule has 0 aromatic heterocycles. The monoisotopic (exact) mass is 342 g/mol. The Hall–Kier alpha value is -0.313. The van der Waals surface area contributed by atoms with Crippen molar-refractivity contribution in [2.24, 2.45) is 5.92 Å². The van der Waals surface area contributed by atoms with Crippen LogP contribution in [0.15, 0.2) is 0 Å². The Morgan fingerprint density at radius 1 is 0.739 bits per heavy atom. The minimum atomic E-state index is -0.590. The van der Waals surface area contributed by atoms with Crippen molar-refractivity contribution in [2.45, 2.75) is 117 Å². The first-order chi connectivity index (χ1) is 11.2. The van der Waals surface area contributed by atoms with E-state index in [2.05, 4.69) is 6.92 Å². The predicted octanol–water partition coefficient (Wildman–Crippen LogP) is 6.17. The van der Waals surface area contributed by atoms with Crippen LogP contribution in [0.4, 0.5) is 0 Å². The van der Waals surface area contributed by atoms with Gasteiger partial charge in [-0.05, 0) is 6.04 Å². The number of hydrogen-bond acceptors (Lipinski definition) is 2. The maximum Gasteiger partial charge on any atom is 0.294 e. The lowest BCUT2D eigenvalue weighted by molar-refractivity contribution is -0.137. The zero-order chi connectivity index (χ0) is 17.2. The molecule has 0 unspecified atom stereocenters. The normalized spacial score (nSPS) is 11.7. The van der Waals surface area contributed by atoms with Crippen LogP contribution in [0.2, 0.25) is 6.04 Å². The molecular weight excluding hydrogens is 300 g/mol. The van der Waals surface area contributed by atoms with Crippen LogP contribution in [-0.4, -0.2) is 15.7 Å². The van der Waals surface area contributed by atoms with Crippen LogP contribution in [-0.2, 0) is 9.22 Å². The second-order valence-corrected chi connectivity index (χ2v) is 8.68. The van der Waals surface area contributed by atoms with Gasteiger partial charge in [0, 0.05) is 5.92 Å². The lowest BCUT2D eigenvalue weighted by Gasteiger charge is -2.07. The van der Waals surface area contributed by atoms with E-state index in [0.717, 1.165) is 6.04 Å². The molecule has 138 valence electrons. The van der Waals surface area contributed by atoms with Crippen molar-refractivity contribution in [3.05, 3.63) is 0 Å². The second-order valence-electron chi connectivity index (χ2n) is 7.27. The highest BCUT2D eigenvalue weighted by molar-refractivity contribution is 6.30. The first kappa shape index (κ1) is 22.7. The minimum absolute atomic E-state index is 0.00188. The van der Waals surface area contributed by atoms with Gasteiger partial charge in [0.2, 0.25) is 9.76 Å². The van der Waals surface area contributed by atoms with Gasteiger partial charge in [0.05, 0.1) is 0 Å². The topological polar surface area (TPSA) is 26.3 Å². The van der Waals surface area contributed by atoms with E-state index in [1.807, 2.05) is 13.8 Å². The van der Waals surface area contributed by atoms with Gasteiger partial charge in [0.1, 0.15) is 0 Å². The number of hydrogen-bond donors (Lipinski definition) is 0. The average molecular weight is 343 g/mol. The molecule has 0 amide bonds. The summed E-state index contributed by atoms with van der Waals surface area (Å²) in [7, 11) is -0.590. The largest absolute Gasteiger partial charge is 0.525 e. The molecule has 0 fully saturated rings. The third kappa shape index (κ3) is 17.9. The van der Waals surface area contributed by atoms with Gasteiger partial charge in [-0.3, -0.25) is 4.79 Å². The van der Waals surface area contributed by atoms with Gasteiger partial charge < -0.3 is 4.43 Å². The summed E-state index contributed by atoms with van der Waals surface area (Å²) in [6.07, 6.45) is 19.6.